The first kappa shape index (κ1) is 18.6. The first-order valence-corrected chi connectivity index (χ1v) is 9.20. The van der Waals surface area contributed by atoms with E-state index in [2.05, 4.69) is 17.3 Å². The lowest BCUT2D eigenvalue weighted by Gasteiger charge is -2.28. The van der Waals surface area contributed by atoms with Crippen molar-refractivity contribution in [3.8, 4) is 0 Å². The number of nitrogens with zero attached hydrogens (tertiary/aromatic N) is 3. The van der Waals surface area contributed by atoms with Crippen LogP contribution in [0.3, 0.4) is 0 Å². The summed E-state index contributed by atoms with van der Waals surface area (Å²) in [5.41, 5.74) is 2.09. The summed E-state index contributed by atoms with van der Waals surface area (Å²) in [5.74, 6) is -0.0916. The molecule has 0 radical (unpaired) electrons. The zero-order valence-corrected chi connectivity index (χ0v) is 15.8. The summed E-state index contributed by atoms with van der Waals surface area (Å²) < 4.78 is 15.0. The molecule has 0 aliphatic heterocycles. The Morgan fingerprint density at radius 3 is 2.81 bits per heavy atom. The number of rotatable bonds is 5. The molecule has 4 nitrogen and oxygen atoms in total. The summed E-state index contributed by atoms with van der Waals surface area (Å²) in [7, 11) is 1.82. The molecule has 138 valence electrons. The van der Waals surface area contributed by atoms with Gasteiger partial charge in [0.15, 0.2) is 5.69 Å². The third-order valence-electron chi connectivity index (χ3n) is 4.85. The molecule has 1 heterocycles. The van der Waals surface area contributed by atoms with Crippen molar-refractivity contribution in [3.05, 3.63) is 64.2 Å². The lowest BCUT2D eigenvalue weighted by molar-refractivity contribution is 0.0703. The molecule has 6 heteroatoms. The van der Waals surface area contributed by atoms with Crippen LogP contribution in [0.4, 0.5) is 4.39 Å². The fourth-order valence-corrected chi connectivity index (χ4v) is 3.46. The molecule has 2 aromatic rings. The van der Waals surface area contributed by atoms with Gasteiger partial charge in [0, 0.05) is 30.9 Å². The maximum Gasteiger partial charge on any atom is 0.274 e. The Kier molecular flexibility index (Phi) is 5.77. The average Bonchev–Trinajstić information content (AvgIpc) is 2.96. The summed E-state index contributed by atoms with van der Waals surface area (Å²) in [4.78, 5) is 14.9. The molecule has 0 bridgehead atoms. The topological polar surface area (TPSA) is 38.1 Å². The van der Waals surface area contributed by atoms with E-state index >= 15 is 0 Å². The molecule has 1 amide bonds. The Morgan fingerprint density at radius 1 is 1.38 bits per heavy atom. The fraction of sp³-hybridized carbons (Fsp3) is 0.400. The first-order chi connectivity index (χ1) is 12.4. The highest BCUT2D eigenvalue weighted by atomic mass is 35.5. The van der Waals surface area contributed by atoms with Crippen LogP contribution in [-0.2, 0) is 13.6 Å². The third kappa shape index (κ3) is 4.33. The van der Waals surface area contributed by atoms with Crippen LogP contribution in [0, 0.1) is 18.7 Å². The van der Waals surface area contributed by atoms with Crippen LogP contribution in [0.5, 0.6) is 0 Å². The van der Waals surface area contributed by atoms with Gasteiger partial charge in [-0.25, -0.2) is 4.39 Å². The van der Waals surface area contributed by atoms with Gasteiger partial charge < -0.3 is 4.90 Å². The summed E-state index contributed by atoms with van der Waals surface area (Å²) in [6.07, 6.45) is 7.40. The Labute approximate surface area is 158 Å². The lowest BCUT2D eigenvalue weighted by Crippen LogP contribution is -2.35. The van der Waals surface area contributed by atoms with Crippen LogP contribution in [-0.4, -0.2) is 27.1 Å². The van der Waals surface area contributed by atoms with Gasteiger partial charge in [0.25, 0.3) is 5.91 Å². The molecular formula is C20H23ClFN3O. The van der Waals surface area contributed by atoms with Crippen molar-refractivity contribution in [2.75, 3.05) is 6.54 Å². The summed E-state index contributed by atoms with van der Waals surface area (Å²) in [5, 5.41) is 4.66. The van der Waals surface area contributed by atoms with Crippen molar-refractivity contribution in [2.45, 2.75) is 32.7 Å². The number of aromatic nitrogens is 2. The number of benzene rings is 1. The quantitative estimate of drug-likeness (QED) is 0.720. The van der Waals surface area contributed by atoms with Gasteiger partial charge in [-0.2, -0.15) is 5.10 Å². The maximum atomic E-state index is 13.3. The molecular weight excluding hydrogens is 353 g/mol. The smallest absolute Gasteiger partial charge is 0.274 e. The number of carbonyl (C=O) groups is 1. The molecule has 0 saturated heterocycles. The minimum atomic E-state index is -0.380. The van der Waals surface area contributed by atoms with E-state index in [1.807, 2.05) is 14.0 Å². The number of hydrogen-bond donors (Lipinski definition) is 0. The highest BCUT2D eigenvalue weighted by Crippen LogP contribution is 2.24. The van der Waals surface area contributed by atoms with E-state index in [0.29, 0.717) is 29.7 Å². The predicted molar refractivity (Wildman–Crippen MR) is 101 cm³/mol. The van der Waals surface area contributed by atoms with Gasteiger partial charge in [-0.1, -0.05) is 29.8 Å². The number of aryl methyl sites for hydroxylation is 2. The zero-order chi connectivity index (χ0) is 18.7. The second-order valence-electron chi connectivity index (χ2n) is 6.87. The number of halogens is 2. The molecule has 1 aliphatic rings. The van der Waals surface area contributed by atoms with Crippen LogP contribution in [0.15, 0.2) is 36.4 Å². The van der Waals surface area contributed by atoms with Crippen molar-refractivity contribution in [1.82, 2.24) is 14.7 Å². The molecule has 0 unspecified atom stereocenters. The van der Waals surface area contributed by atoms with Gasteiger partial charge in [0.05, 0.1) is 0 Å². The molecule has 1 aromatic carbocycles. The molecule has 0 fully saturated rings. The molecule has 3 rings (SSSR count). The minimum absolute atomic E-state index is 0.122. The number of carbonyl (C=O) groups excluding carboxylic acids is 1. The second kappa shape index (κ2) is 8.04. The van der Waals surface area contributed by atoms with Crippen LogP contribution in [0.1, 0.15) is 41.0 Å². The van der Waals surface area contributed by atoms with Gasteiger partial charge in [0.1, 0.15) is 5.82 Å². The summed E-state index contributed by atoms with van der Waals surface area (Å²) in [6.45, 7) is 2.89. The van der Waals surface area contributed by atoms with E-state index in [1.165, 1.54) is 12.1 Å². The average molecular weight is 376 g/mol. The largest absolute Gasteiger partial charge is 0.333 e. The van der Waals surface area contributed by atoms with Gasteiger partial charge in [0.2, 0.25) is 0 Å². The number of allylic oxidation sites excluding steroid dienone is 2. The highest BCUT2D eigenvalue weighted by Gasteiger charge is 2.24. The van der Waals surface area contributed by atoms with E-state index in [0.717, 1.165) is 30.5 Å². The van der Waals surface area contributed by atoms with Crippen LogP contribution in [0.2, 0.25) is 5.02 Å². The first-order valence-electron chi connectivity index (χ1n) is 8.83. The van der Waals surface area contributed by atoms with E-state index < -0.39 is 0 Å². The van der Waals surface area contributed by atoms with Gasteiger partial charge in [-0.05, 0) is 55.9 Å². The second-order valence-corrected chi connectivity index (χ2v) is 7.27. The van der Waals surface area contributed by atoms with Crippen molar-refractivity contribution >= 4 is 17.5 Å². The summed E-state index contributed by atoms with van der Waals surface area (Å²) in [6, 6.07) is 6.09. The van der Waals surface area contributed by atoms with Crippen molar-refractivity contribution < 1.29 is 9.18 Å². The Bertz CT molecular complexity index is 811. The van der Waals surface area contributed by atoms with E-state index in [1.54, 1.807) is 21.7 Å². The monoisotopic (exact) mass is 375 g/mol. The maximum absolute atomic E-state index is 13.3. The zero-order valence-electron chi connectivity index (χ0n) is 15.1. The lowest BCUT2D eigenvalue weighted by atomic mass is 9.93. The van der Waals surface area contributed by atoms with Gasteiger partial charge >= 0.3 is 0 Å². The van der Waals surface area contributed by atoms with E-state index in [9.17, 15) is 9.18 Å². The Morgan fingerprint density at radius 2 is 2.19 bits per heavy atom. The molecule has 0 N–H and O–H groups in total. The van der Waals surface area contributed by atoms with Crippen molar-refractivity contribution in [1.29, 1.82) is 0 Å². The Balaban J connectivity index is 1.84. The third-order valence-corrected chi connectivity index (χ3v) is 5.20. The van der Waals surface area contributed by atoms with Crippen molar-refractivity contribution in [3.63, 3.8) is 0 Å². The van der Waals surface area contributed by atoms with Gasteiger partial charge in [-0.15, -0.1) is 0 Å². The van der Waals surface area contributed by atoms with Gasteiger partial charge in [-0.3, -0.25) is 9.48 Å². The van der Waals surface area contributed by atoms with E-state index in [-0.39, 0.29) is 11.7 Å². The SMILES string of the molecule is Cc1cc(C(=O)N(Cc2ccc(F)cc2Cl)C[C@@H]2CC=CCC2)nn1C. The molecule has 1 aliphatic carbocycles. The van der Waals surface area contributed by atoms with Crippen molar-refractivity contribution in [2.24, 2.45) is 13.0 Å². The summed E-state index contributed by atoms with van der Waals surface area (Å²) >= 11 is 6.19. The molecule has 1 aromatic heterocycles. The van der Waals surface area contributed by atoms with Crippen LogP contribution < -0.4 is 0 Å². The normalized spacial score (nSPS) is 16.7. The van der Waals surface area contributed by atoms with Crippen LogP contribution >= 0.6 is 11.6 Å². The molecule has 26 heavy (non-hydrogen) atoms. The number of amides is 1. The molecule has 0 spiro atoms. The van der Waals surface area contributed by atoms with Crippen LogP contribution in [0.25, 0.3) is 0 Å². The fourth-order valence-electron chi connectivity index (χ4n) is 3.24. The molecule has 0 saturated carbocycles. The van der Waals surface area contributed by atoms with E-state index in [4.69, 9.17) is 11.6 Å². The highest BCUT2D eigenvalue weighted by molar-refractivity contribution is 6.31. The number of hydrogen-bond acceptors (Lipinski definition) is 2. The Hall–Kier alpha value is -2.14. The molecule has 1 atom stereocenters. The minimum Gasteiger partial charge on any atom is -0.333 e. The predicted octanol–water partition coefficient (Wildman–Crippen LogP) is 4.52. The standard InChI is InChI=1S/C20H23ClFN3O/c1-14-10-19(23-24(14)2)20(26)25(12-15-6-4-3-5-7-15)13-16-8-9-17(22)11-18(16)21/h3-4,8-11,15H,5-7,12-13H2,1-2H3/t15-/m1/s1.